The Labute approximate surface area is 146 Å². The molecule has 0 bridgehead atoms. The summed E-state index contributed by atoms with van der Waals surface area (Å²) in [5, 5.41) is 0. The molecular formula is C18H28B2O4. The fourth-order valence-electron chi connectivity index (χ4n) is 2.77. The van der Waals surface area contributed by atoms with Crippen molar-refractivity contribution in [3.8, 4) is 0 Å². The second-order valence-electron chi connectivity index (χ2n) is 8.84. The highest BCUT2D eigenvalue weighted by atomic mass is 16.7. The largest absolute Gasteiger partial charge is 0.494 e. The summed E-state index contributed by atoms with van der Waals surface area (Å²) in [5.74, 6) is 0. The minimum Gasteiger partial charge on any atom is -0.399 e. The van der Waals surface area contributed by atoms with Gasteiger partial charge in [0, 0.05) is 0 Å². The molecule has 24 heavy (non-hydrogen) atoms. The molecule has 1 aromatic rings. The van der Waals surface area contributed by atoms with Crippen LogP contribution in [0.3, 0.4) is 0 Å². The Bertz CT molecular complexity index is 535. The number of benzene rings is 1. The Morgan fingerprint density at radius 2 is 0.708 bits per heavy atom. The van der Waals surface area contributed by atoms with Gasteiger partial charge in [0.2, 0.25) is 0 Å². The van der Waals surface area contributed by atoms with Gasteiger partial charge >= 0.3 is 14.2 Å². The smallest absolute Gasteiger partial charge is 0.399 e. The standard InChI is InChI=1S/C18H28B2O4/c1-15(2)16(3,4)22-19(21-15)13-9-11-14(12-10-13)20-23-17(5,6)18(7,8)24-20/h9-12H,1-8H3. The highest BCUT2D eigenvalue weighted by Gasteiger charge is 2.53. The summed E-state index contributed by atoms with van der Waals surface area (Å²) in [6, 6.07) is 8.12. The van der Waals surface area contributed by atoms with E-state index in [-0.39, 0.29) is 36.6 Å². The highest BCUT2D eigenvalue weighted by Crippen LogP contribution is 2.37. The summed E-state index contributed by atoms with van der Waals surface area (Å²) in [5.41, 5.74) is 0.691. The van der Waals surface area contributed by atoms with Gasteiger partial charge in [-0.25, -0.2) is 0 Å². The van der Waals surface area contributed by atoms with Crippen LogP contribution in [-0.2, 0) is 18.6 Å². The molecule has 0 radical (unpaired) electrons. The van der Waals surface area contributed by atoms with Crippen LogP contribution in [0.4, 0.5) is 0 Å². The van der Waals surface area contributed by atoms with E-state index in [0.717, 1.165) is 10.9 Å². The van der Waals surface area contributed by atoms with Gasteiger partial charge in [0.05, 0.1) is 22.4 Å². The van der Waals surface area contributed by atoms with Gasteiger partial charge in [-0.15, -0.1) is 0 Å². The third-order valence-corrected chi connectivity index (χ3v) is 5.99. The molecule has 1 aromatic carbocycles. The average molecular weight is 330 g/mol. The van der Waals surface area contributed by atoms with E-state index in [9.17, 15) is 0 Å². The minimum absolute atomic E-state index is 0.331. The Hall–Kier alpha value is -0.810. The highest BCUT2D eigenvalue weighted by molar-refractivity contribution is 6.64. The molecule has 2 aliphatic heterocycles. The molecule has 3 rings (SSSR count). The van der Waals surface area contributed by atoms with Crippen molar-refractivity contribution >= 4 is 25.2 Å². The summed E-state index contributed by atoms with van der Waals surface area (Å²) in [4.78, 5) is 0. The molecule has 0 aliphatic carbocycles. The van der Waals surface area contributed by atoms with Crippen molar-refractivity contribution in [2.45, 2.75) is 77.8 Å². The Kier molecular flexibility index (Phi) is 4.00. The van der Waals surface area contributed by atoms with E-state index in [1.807, 2.05) is 24.3 Å². The molecule has 0 saturated carbocycles. The number of hydrogen-bond acceptors (Lipinski definition) is 4. The number of hydrogen-bond donors (Lipinski definition) is 0. The Balaban J connectivity index is 1.76. The van der Waals surface area contributed by atoms with Crippen LogP contribution >= 0.6 is 0 Å². The van der Waals surface area contributed by atoms with Crippen molar-refractivity contribution in [1.82, 2.24) is 0 Å². The predicted molar refractivity (Wildman–Crippen MR) is 97.9 cm³/mol. The maximum Gasteiger partial charge on any atom is 0.494 e. The van der Waals surface area contributed by atoms with Gasteiger partial charge in [0.25, 0.3) is 0 Å². The van der Waals surface area contributed by atoms with Crippen LogP contribution in [0.5, 0.6) is 0 Å². The first-order valence-corrected chi connectivity index (χ1v) is 8.66. The third-order valence-electron chi connectivity index (χ3n) is 5.99. The van der Waals surface area contributed by atoms with Crippen molar-refractivity contribution in [1.29, 1.82) is 0 Å². The Morgan fingerprint density at radius 1 is 0.500 bits per heavy atom. The van der Waals surface area contributed by atoms with Crippen LogP contribution < -0.4 is 10.9 Å². The molecule has 2 heterocycles. The lowest BCUT2D eigenvalue weighted by molar-refractivity contribution is 0.00578. The molecule has 2 saturated heterocycles. The van der Waals surface area contributed by atoms with E-state index in [2.05, 4.69) is 55.4 Å². The third kappa shape index (κ3) is 2.84. The van der Waals surface area contributed by atoms with E-state index in [0.29, 0.717) is 0 Å². The van der Waals surface area contributed by atoms with Crippen LogP contribution in [0.2, 0.25) is 0 Å². The molecular weight excluding hydrogens is 302 g/mol. The summed E-state index contributed by atoms with van der Waals surface area (Å²) in [7, 11) is -0.690. The first kappa shape index (κ1) is 18.0. The molecule has 2 aliphatic rings. The molecule has 0 N–H and O–H groups in total. The normalized spacial score (nSPS) is 26.8. The summed E-state index contributed by atoms with van der Waals surface area (Å²) >= 11 is 0. The molecule has 0 unspecified atom stereocenters. The second kappa shape index (κ2) is 5.34. The lowest BCUT2D eigenvalue weighted by Crippen LogP contribution is -2.41. The van der Waals surface area contributed by atoms with E-state index >= 15 is 0 Å². The Morgan fingerprint density at radius 3 is 0.917 bits per heavy atom. The lowest BCUT2D eigenvalue weighted by atomic mass is 9.74. The van der Waals surface area contributed by atoms with Gasteiger partial charge in [0.1, 0.15) is 0 Å². The molecule has 0 atom stereocenters. The van der Waals surface area contributed by atoms with Gasteiger partial charge < -0.3 is 18.6 Å². The molecule has 0 aromatic heterocycles. The fraction of sp³-hybridized carbons (Fsp3) is 0.667. The average Bonchev–Trinajstić information content (AvgIpc) is 2.79. The van der Waals surface area contributed by atoms with Crippen LogP contribution in [0.1, 0.15) is 55.4 Å². The zero-order chi connectivity index (χ0) is 18.0. The van der Waals surface area contributed by atoms with Crippen LogP contribution in [-0.4, -0.2) is 36.6 Å². The fourth-order valence-corrected chi connectivity index (χ4v) is 2.77. The van der Waals surface area contributed by atoms with Gasteiger partial charge in [-0.3, -0.25) is 0 Å². The van der Waals surface area contributed by atoms with Crippen LogP contribution in [0.25, 0.3) is 0 Å². The maximum absolute atomic E-state index is 6.10. The number of rotatable bonds is 2. The predicted octanol–water partition coefficient (Wildman–Crippen LogP) is 2.28. The molecule has 130 valence electrons. The van der Waals surface area contributed by atoms with Crippen molar-refractivity contribution in [2.75, 3.05) is 0 Å². The second-order valence-corrected chi connectivity index (χ2v) is 8.84. The zero-order valence-electron chi connectivity index (χ0n) is 16.1. The zero-order valence-corrected chi connectivity index (χ0v) is 16.1. The summed E-state index contributed by atoms with van der Waals surface area (Å²) in [6.07, 6.45) is 0. The van der Waals surface area contributed by atoms with Crippen LogP contribution in [0, 0.1) is 0 Å². The molecule has 6 heteroatoms. The first-order valence-electron chi connectivity index (χ1n) is 8.66. The van der Waals surface area contributed by atoms with Gasteiger partial charge in [-0.05, 0) is 66.3 Å². The molecule has 2 fully saturated rings. The monoisotopic (exact) mass is 330 g/mol. The quantitative estimate of drug-likeness (QED) is 0.780. The molecule has 4 nitrogen and oxygen atoms in total. The van der Waals surface area contributed by atoms with Gasteiger partial charge in [-0.1, -0.05) is 24.3 Å². The van der Waals surface area contributed by atoms with Crippen molar-refractivity contribution in [3.05, 3.63) is 24.3 Å². The summed E-state index contributed by atoms with van der Waals surface area (Å²) in [6.45, 7) is 16.5. The van der Waals surface area contributed by atoms with Crippen LogP contribution in [0.15, 0.2) is 24.3 Å². The topological polar surface area (TPSA) is 36.9 Å². The SMILES string of the molecule is CC1(C)OB(c2ccc(B3OC(C)(C)C(C)(C)O3)cc2)OC1(C)C. The lowest BCUT2D eigenvalue weighted by Gasteiger charge is -2.32. The maximum atomic E-state index is 6.10. The minimum atomic E-state index is -0.345. The van der Waals surface area contributed by atoms with E-state index < -0.39 is 0 Å². The molecule has 0 amide bonds. The van der Waals surface area contributed by atoms with Gasteiger partial charge in [0.15, 0.2) is 0 Å². The first-order chi connectivity index (χ1) is 10.8. The van der Waals surface area contributed by atoms with Gasteiger partial charge in [-0.2, -0.15) is 0 Å². The van der Waals surface area contributed by atoms with Crippen molar-refractivity contribution < 1.29 is 18.6 Å². The molecule has 0 spiro atoms. The summed E-state index contributed by atoms with van der Waals surface area (Å²) < 4.78 is 24.4. The van der Waals surface area contributed by atoms with Crippen molar-refractivity contribution in [3.63, 3.8) is 0 Å². The van der Waals surface area contributed by atoms with E-state index in [1.54, 1.807) is 0 Å². The van der Waals surface area contributed by atoms with E-state index in [4.69, 9.17) is 18.6 Å². The van der Waals surface area contributed by atoms with Crippen molar-refractivity contribution in [2.24, 2.45) is 0 Å². The van der Waals surface area contributed by atoms with E-state index in [1.165, 1.54) is 0 Å².